The van der Waals surface area contributed by atoms with Crippen LogP contribution in [0.25, 0.3) is 0 Å². The molecule has 0 bridgehead atoms. The zero-order chi connectivity index (χ0) is 22.7. The highest BCUT2D eigenvalue weighted by Gasteiger charge is 2.28. The van der Waals surface area contributed by atoms with Crippen molar-refractivity contribution in [2.45, 2.75) is 16.0 Å². The van der Waals surface area contributed by atoms with Crippen LogP contribution in [-0.2, 0) is 20.0 Å². The third kappa shape index (κ3) is 5.93. The van der Waals surface area contributed by atoms with Crippen molar-refractivity contribution in [3.8, 4) is 0 Å². The first-order valence-corrected chi connectivity index (χ1v) is 11.2. The molecule has 1 amide bonds. The second-order valence-corrected chi connectivity index (χ2v) is 10.1. The van der Waals surface area contributed by atoms with Crippen molar-refractivity contribution >= 4 is 31.6 Å². The van der Waals surface area contributed by atoms with Crippen LogP contribution in [0.15, 0.2) is 58.3 Å². The van der Waals surface area contributed by atoms with Crippen LogP contribution < -0.4 is 10.0 Å². The van der Waals surface area contributed by atoms with Gasteiger partial charge in [0.25, 0.3) is 15.9 Å². The maximum atomic E-state index is 12.5. The summed E-state index contributed by atoms with van der Waals surface area (Å²) in [4.78, 5) is 11.5. The van der Waals surface area contributed by atoms with Crippen LogP contribution in [0.4, 0.5) is 18.9 Å². The Labute approximate surface area is 171 Å². The van der Waals surface area contributed by atoms with Gasteiger partial charge in [0, 0.05) is 25.3 Å². The molecule has 2 aromatic rings. The highest BCUT2D eigenvalue weighted by Crippen LogP contribution is 2.20. The summed E-state index contributed by atoms with van der Waals surface area (Å²) in [7, 11) is -5.21. The normalized spacial score (nSPS) is 12.6. The third-order valence-corrected chi connectivity index (χ3v) is 6.97. The molecule has 0 fully saturated rings. The Morgan fingerprint density at radius 1 is 0.967 bits per heavy atom. The van der Waals surface area contributed by atoms with Crippen LogP contribution in [0.1, 0.15) is 10.4 Å². The third-order valence-electron chi connectivity index (χ3n) is 3.74. The minimum Gasteiger partial charge on any atom is -0.343 e. The fraction of sp³-hybridized carbons (Fsp3) is 0.235. The first-order chi connectivity index (χ1) is 13.7. The van der Waals surface area contributed by atoms with Gasteiger partial charge in [0.05, 0.1) is 9.79 Å². The van der Waals surface area contributed by atoms with Gasteiger partial charge in [-0.25, -0.2) is 21.1 Å². The van der Waals surface area contributed by atoms with Gasteiger partial charge >= 0.3 is 6.18 Å². The van der Waals surface area contributed by atoms with Gasteiger partial charge in [-0.3, -0.25) is 9.52 Å². The number of carbonyl (C=O) groups excluding carboxylic acids is 1. The van der Waals surface area contributed by atoms with Crippen molar-refractivity contribution in [1.29, 1.82) is 0 Å². The predicted molar refractivity (Wildman–Crippen MR) is 103 cm³/mol. The molecule has 0 radical (unpaired) electrons. The molecule has 13 heteroatoms. The Morgan fingerprint density at radius 2 is 1.53 bits per heavy atom. The molecule has 2 aromatic carbocycles. The van der Waals surface area contributed by atoms with E-state index in [9.17, 15) is 34.8 Å². The van der Waals surface area contributed by atoms with E-state index in [4.69, 9.17) is 0 Å². The Morgan fingerprint density at radius 3 is 2.07 bits per heavy atom. The maximum absolute atomic E-state index is 12.5. The zero-order valence-corrected chi connectivity index (χ0v) is 17.4. The van der Waals surface area contributed by atoms with E-state index >= 15 is 0 Å². The summed E-state index contributed by atoms with van der Waals surface area (Å²) >= 11 is 0. The standard InChI is InChI=1S/C17H18F3N3O5S2/c1-23(2)30(27,28)15-8-6-14(7-9-15)29(25,26)22-13-5-3-4-12(10-13)16(24)21-11-17(18,19)20/h3-10,22H,11H2,1-2H3,(H,21,24). The summed E-state index contributed by atoms with van der Waals surface area (Å²) in [5.74, 6) is -1.02. The summed E-state index contributed by atoms with van der Waals surface area (Å²) in [6, 6.07) is 9.36. The molecule has 0 heterocycles. The maximum Gasteiger partial charge on any atom is 0.405 e. The topological polar surface area (TPSA) is 113 Å². The molecule has 0 aliphatic heterocycles. The van der Waals surface area contributed by atoms with E-state index in [1.165, 1.54) is 32.3 Å². The van der Waals surface area contributed by atoms with E-state index in [-0.39, 0.29) is 21.0 Å². The number of nitrogens with one attached hydrogen (secondary N) is 2. The number of anilines is 1. The molecule has 0 aliphatic carbocycles. The van der Waals surface area contributed by atoms with Crippen LogP contribution in [0, 0.1) is 0 Å². The molecular formula is C17H18F3N3O5S2. The second kappa shape index (κ2) is 8.62. The largest absolute Gasteiger partial charge is 0.405 e. The van der Waals surface area contributed by atoms with Gasteiger partial charge in [0.15, 0.2) is 0 Å². The van der Waals surface area contributed by atoms with Crippen LogP contribution in [0.3, 0.4) is 0 Å². The lowest BCUT2D eigenvalue weighted by Crippen LogP contribution is -2.33. The SMILES string of the molecule is CN(C)S(=O)(=O)c1ccc(S(=O)(=O)Nc2cccc(C(=O)NCC(F)(F)F)c2)cc1. The lowest BCUT2D eigenvalue weighted by atomic mass is 10.2. The number of hydrogen-bond acceptors (Lipinski definition) is 5. The molecule has 8 nitrogen and oxygen atoms in total. The number of sulfonamides is 2. The van der Waals surface area contributed by atoms with Crippen molar-refractivity contribution in [3.05, 3.63) is 54.1 Å². The molecule has 0 spiro atoms. The fourth-order valence-corrected chi connectivity index (χ4v) is 4.17. The van der Waals surface area contributed by atoms with E-state index in [1.807, 2.05) is 0 Å². The van der Waals surface area contributed by atoms with Gasteiger partial charge in [0.2, 0.25) is 10.0 Å². The molecular weight excluding hydrogens is 447 g/mol. The first-order valence-electron chi connectivity index (χ1n) is 8.23. The summed E-state index contributed by atoms with van der Waals surface area (Å²) in [6.07, 6.45) is -4.58. The zero-order valence-electron chi connectivity index (χ0n) is 15.8. The van der Waals surface area contributed by atoms with Crippen molar-refractivity contribution in [1.82, 2.24) is 9.62 Å². The number of amides is 1. The van der Waals surface area contributed by atoms with E-state index in [0.29, 0.717) is 0 Å². The minimum atomic E-state index is -4.58. The lowest BCUT2D eigenvalue weighted by molar-refractivity contribution is -0.123. The van der Waals surface area contributed by atoms with E-state index in [1.54, 1.807) is 5.32 Å². The highest BCUT2D eigenvalue weighted by atomic mass is 32.2. The van der Waals surface area contributed by atoms with Crippen molar-refractivity contribution < 1.29 is 34.8 Å². The second-order valence-electron chi connectivity index (χ2n) is 6.24. The van der Waals surface area contributed by atoms with Gasteiger partial charge in [-0.15, -0.1) is 0 Å². The average Bonchev–Trinajstić information content (AvgIpc) is 2.65. The van der Waals surface area contributed by atoms with Gasteiger partial charge < -0.3 is 5.32 Å². The smallest absolute Gasteiger partial charge is 0.343 e. The number of hydrogen-bond donors (Lipinski definition) is 2. The van der Waals surface area contributed by atoms with Crippen molar-refractivity contribution in [3.63, 3.8) is 0 Å². The van der Waals surface area contributed by atoms with Gasteiger partial charge in [-0.05, 0) is 42.5 Å². The lowest BCUT2D eigenvalue weighted by Gasteiger charge is -2.13. The molecule has 2 N–H and O–H groups in total. The summed E-state index contributed by atoms with van der Waals surface area (Å²) in [6.45, 7) is -1.52. The molecule has 0 aliphatic rings. The Bertz CT molecular complexity index is 1130. The Hall–Kier alpha value is -2.64. The Balaban J connectivity index is 2.20. The number of rotatable bonds is 7. The summed E-state index contributed by atoms with van der Waals surface area (Å²) < 4.78 is 89.0. The number of nitrogens with zero attached hydrogens (tertiary/aromatic N) is 1. The molecule has 0 saturated heterocycles. The monoisotopic (exact) mass is 465 g/mol. The van der Waals surface area contributed by atoms with Crippen molar-refractivity contribution in [2.24, 2.45) is 0 Å². The predicted octanol–water partition coefficient (Wildman–Crippen LogP) is 2.03. The first kappa shape index (κ1) is 23.6. The molecule has 0 aromatic heterocycles. The number of benzene rings is 2. The molecule has 0 saturated carbocycles. The number of alkyl halides is 3. The summed E-state index contributed by atoms with van der Waals surface area (Å²) in [5, 5.41) is 1.69. The van der Waals surface area contributed by atoms with Crippen LogP contribution >= 0.6 is 0 Å². The molecule has 2 rings (SSSR count). The Kier molecular flexibility index (Phi) is 6.79. The van der Waals surface area contributed by atoms with Crippen LogP contribution in [0.2, 0.25) is 0 Å². The molecule has 164 valence electrons. The number of carbonyl (C=O) groups is 1. The fourth-order valence-electron chi connectivity index (χ4n) is 2.22. The summed E-state index contributed by atoms with van der Waals surface area (Å²) in [5.41, 5.74) is -0.230. The van der Waals surface area contributed by atoms with Gasteiger partial charge in [-0.1, -0.05) is 6.07 Å². The minimum absolute atomic E-state index is 0.0559. The van der Waals surface area contributed by atoms with Gasteiger partial charge in [0.1, 0.15) is 6.54 Å². The van der Waals surface area contributed by atoms with E-state index in [2.05, 4.69) is 4.72 Å². The van der Waals surface area contributed by atoms with Crippen molar-refractivity contribution in [2.75, 3.05) is 25.4 Å². The van der Waals surface area contributed by atoms with Crippen LogP contribution in [0.5, 0.6) is 0 Å². The van der Waals surface area contributed by atoms with Crippen LogP contribution in [-0.4, -0.2) is 53.9 Å². The molecule has 30 heavy (non-hydrogen) atoms. The highest BCUT2D eigenvalue weighted by molar-refractivity contribution is 7.92. The van der Waals surface area contributed by atoms with E-state index < -0.39 is 38.7 Å². The van der Waals surface area contributed by atoms with E-state index in [0.717, 1.165) is 34.6 Å². The quantitative estimate of drug-likeness (QED) is 0.650. The van der Waals surface area contributed by atoms with Gasteiger partial charge in [-0.2, -0.15) is 13.2 Å². The number of halogens is 3. The average molecular weight is 465 g/mol. The molecule has 0 atom stereocenters. The molecule has 0 unspecified atom stereocenters.